The molecule has 2 aromatic rings. The Morgan fingerprint density at radius 3 is 1.26 bits per heavy atom. The van der Waals surface area contributed by atoms with Crippen LogP contribution in [0.25, 0.3) is 0 Å². The molecule has 0 saturated heterocycles. The molecule has 2 amide bonds. The van der Waals surface area contributed by atoms with E-state index >= 15 is 0 Å². The van der Waals surface area contributed by atoms with E-state index in [-0.39, 0.29) is 12.2 Å². The zero-order valence-electron chi connectivity index (χ0n) is 22.0. The van der Waals surface area contributed by atoms with Crippen molar-refractivity contribution in [2.45, 2.75) is 39.5 Å². The molecule has 2 rings (SSSR count). The normalized spacial score (nSPS) is 9.00. The molecular formula is C32H32N2O4. The highest BCUT2D eigenvalue weighted by atomic mass is 16.6. The van der Waals surface area contributed by atoms with Crippen molar-refractivity contribution in [2.75, 3.05) is 36.1 Å². The molecule has 0 N–H and O–H groups in total. The minimum atomic E-state index is -0.388. The Morgan fingerprint density at radius 1 is 0.579 bits per heavy atom. The van der Waals surface area contributed by atoms with Crippen molar-refractivity contribution in [1.29, 1.82) is 0 Å². The van der Waals surface area contributed by atoms with Crippen LogP contribution in [0, 0.1) is 47.4 Å². The minimum absolute atomic E-state index is 0.316. The zero-order chi connectivity index (χ0) is 27.3. The second-order valence-corrected chi connectivity index (χ2v) is 7.58. The number of carbonyl (C=O) groups excluding carboxylic acids is 2. The third-order valence-electron chi connectivity index (χ3n) is 4.89. The van der Waals surface area contributed by atoms with Gasteiger partial charge in [0.1, 0.15) is 0 Å². The van der Waals surface area contributed by atoms with Gasteiger partial charge in [-0.1, -0.05) is 60.1 Å². The Labute approximate surface area is 226 Å². The first-order chi connectivity index (χ1) is 18.7. The van der Waals surface area contributed by atoms with E-state index in [1.54, 1.807) is 23.6 Å². The Kier molecular flexibility index (Phi) is 14.3. The van der Waals surface area contributed by atoms with Crippen molar-refractivity contribution in [3.05, 3.63) is 60.7 Å². The van der Waals surface area contributed by atoms with Crippen molar-refractivity contribution in [2.24, 2.45) is 0 Å². The Hall–Kier alpha value is -4.78. The summed E-state index contributed by atoms with van der Waals surface area (Å²) in [4.78, 5) is 27.6. The lowest BCUT2D eigenvalue weighted by Crippen LogP contribution is -2.32. The SMILES string of the molecule is CCOC(=O)N(CCC#CC#CCCC#CC#CCCN(C(=O)OCC)c1ccccc1)c1ccccc1. The molecule has 2 aromatic carbocycles. The molecule has 194 valence electrons. The molecular weight excluding hydrogens is 476 g/mol. The predicted octanol–water partition coefficient (Wildman–Crippen LogP) is 5.89. The number of para-hydroxylation sites is 2. The van der Waals surface area contributed by atoms with Crippen LogP contribution in [-0.4, -0.2) is 38.5 Å². The number of anilines is 2. The summed E-state index contributed by atoms with van der Waals surface area (Å²) < 4.78 is 10.3. The van der Waals surface area contributed by atoms with Crippen molar-refractivity contribution in [1.82, 2.24) is 0 Å². The van der Waals surface area contributed by atoms with Gasteiger partial charge in [-0.25, -0.2) is 9.59 Å². The van der Waals surface area contributed by atoms with E-state index in [9.17, 15) is 9.59 Å². The second kappa shape index (κ2) is 18.5. The molecule has 38 heavy (non-hydrogen) atoms. The van der Waals surface area contributed by atoms with Crippen molar-refractivity contribution >= 4 is 23.6 Å². The molecule has 0 heterocycles. The first-order valence-electron chi connectivity index (χ1n) is 12.6. The molecule has 0 bridgehead atoms. The summed E-state index contributed by atoms with van der Waals surface area (Å²) in [5.74, 6) is 23.2. The number of hydrogen-bond donors (Lipinski definition) is 0. The average Bonchev–Trinajstić information content (AvgIpc) is 2.94. The van der Waals surface area contributed by atoms with Gasteiger partial charge >= 0.3 is 12.2 Å². The molecule has 0 aromatic heterocycles. The van der Waals surface area contributed by atoms with E-state index in [1.807, 2.05) is 60.7 Å². The molecule has 0 aliphatic rings. The van der Waals surface area contributed by atoms with Crippen LogP contribution in [0.5, 0.6) is 0 Å². The van der Waals surface area contributed by atoms with Crippen molar-refractivity contribution in [3.63, 3.8) is 0 Å². The van der Waals surface area contributed by atoms with Gasteiger partial charge in [0, 0.05) is 50.1 Å². The van der Waals surface area contributed by atoms with Gasteiger partial charge in [-0.2, -0.15) is 0 Å². The largest absolute Gasteiger partial charge is 0.449 e. The number of benzene rings is 2. The summed E-state index contributed by atoms with van der Waals surface area (Å²) in [6.07, 6.45) is 1.37. The van der Waals surface area contributed by atoms with Gasteiger partial charge in [-0.05, 0) is 61.8 Å². The topological polar surface area (TPSA) is 59.1 Å². The van der Waals surface area contributed by atoms with Crippen LogP contribution in [0.1, 0.15) is 39.5 Å². The van der Waals surface area contributed by atoms with E-state index in [2.05, 4.69) is 47.4 Å². The smallest absolute Gasteiger partial charge is 0.414 e. The quantitative estimate of drug-likeness (QED) is 0.313. The molecule has 6 heteroatoms. The van der Waals surface area contributed by atoms with Crippen molar-refractivity contribution < 1.29 is 19.1 Å². The molecule has 6 nitrogen and oxygen atoms in total. The summed E-state index contributed by atoms with van der Waals surface area (Å²) in [6.45, 7) is 5.03. The molecule has 0 unspecified atom stereocenters. The highest BCUT2D eigenvalue weighted by molar-refractivity contribution is 5.88. The van der Waals surface area contributed by atoms with Gasteiger partial charge in [-0.15, -0.1) is 0 Å². The van der Waals surface area contributed by atoms with Crippen LogP contribution >= 0.6 is 0 Å². The lowest BCUT2D eigenvalue weighted by molar-refractivity contribution is 0.159. The Bertz CT molecular complexity index is 1160. The third kappa shape index (κ3) is 11.3. The van der Waals surface area contributed by atoms with E-state index < -0.39 is 0 Å². The van der Waals surface area contributed by atoms with E-state index in [4.69, 9.17) is 9.47 Å². The van der Waals surface area contributed by atoms with Gasteiger partial charge in [0.2, 0.25) is 0 Å². The number of amides is 2. The van der Waals surface area contributed by atoms with Crippen LogP contribution in [0.3, 0.4) is 0 Å². The lowest BCUT2D eigenvalue weighted by Gasteiger charge is -2.20. The van der Waals surface area contributed by atoms with Gasteiger partial charge < -0.3 is 9.47 Å². The summed E-state index contributed by atoms with van der Waals surface area (Å²) in [7, 11) is 0. The van der Waals surface area contributed by atoms with Crippen LogP contribution in [0.15, 0.2) is 60.7 Å². The van der Waals surface area contributed by atoms with Crippen LogP contribution in [0.4, 0.5) is 21.0 Å². The average molecular weight is 509 g/mol. The van der Waals surface area contributed by atoms with E-state index in [1.165, 1.54) is 0 Å². The summed E-state index contributed by atoms with van der Waals surface area (Å²) in [5, 5.41) is 0. The standard InChI is InChI=1S/C32H32N2O4/c1-3-37-31(35)33(29-23-17-15-18-24-29)27-21-13-11-9-7-5-6-8-10-12-14-22-28-34(32(36)38-4-2)30-25-19-16-20-26-30/h15-20,23-26H,3-6,21-22,27-28H2,1-2H3. The van der Waals surface area contributed by atoms with Gasteiger partial charge in [-0.3, -0.25) is 9.80 Å². The summed E-state index contributed by atoms with van der Waals surface area (Å²) >= 11 is 0. The first-order valence-corrected chi connectivity index (χ1v) is 12.6. The molecule has 0 atom stereocenters. The van der Waals surface area contributed by atoms with Crippen LogP contribution in [-0.2, 0) is 9.47 Å². The number of rotatable bonds is 9. The van der Waals surface area contributed by atoms with Gasteiger partial charge in [0.15, 0.2) is 0 Å². The number of unbranched alkanes of at least 4 members (excludes halogenated alkanes) is 1. The van der Waals surface area contributed by atoms with Gasteiger partial charge in [0.05, 0.1) is 13.2 Å². The maximum atomic E-state index is 12.2. The zero-order valence-corrected chi connectivity index (χ0v) is 22.0. The molecule has 0 saturated carbocycles. The number of carbonyl (C=O) groups is 2. The summed E-state index contributed by atoms with van der Waals surface area (Å²) in [6, 6.07) is 18.7. The molecule has 0 spiro atoms. The highest BCUT2D eigenvalue weighted by Gasteiger charge is 2.16. The monoisotopic (exact) mass is 508 g/mol. The maximum Gasteiger partial charge on any atom is 0.414 e. The fourth-order valence-corrected chi connectivity index (χ4v) is 3.16. The van der Waals surface area contributed by atoms with Crippen LogP contribution < -0.4 is 9.80 Å². The van der Waals surface area contributed by atoms with Crippen LogP contribution in [0.2, 0.25) is 0 Å². The number of nitrogens with zero attached hydrogens (tertiary/aromatic N) is 2. The van der Waals surface area contributed by atoms with E-state index in [0.29, 0.717) is 52.0 Å². The second-order valence-electron chi connectivity index (χ2n) is 7.58. The maximum absolute atomic E-state index is 12.2. The third-order valence-corrected chi connectivity index (χ3v) is 4.89. The molecule has 0 radical (unpaired) electrons. The molecule has 0 fully saturated rings. The summed E-state index contributed by atoms with van der Waals surface area (Å²) in [5.41, 5.74) is 1.54. The Balaban J connectivity index is 1.73. The first kappa shape index (κ1) is 29.5. The minimum Gasteiger partial charge on any atom is -0.449 e. The Morgan fingerprint density at radius 2 is 0.921 bits per heavy atom. The fourth-order valence-electron chi connectivity index (χ4n) is 3.16. The predicted molar refractivity (Wildman–Crippen MR) is 151 cm³/mol. The molecule has 0 aliphatic carbocycles. The lowest BCUT2D eigenvalue weighted by atomic mass is 10.2. The fraction of sp³-hybridized carbons (Fsp3) is 0.312. The van der Waals surface area contributed by atoms with E-state index in [0.717, 1.165) is 11.4 Å². The molecule has 0 aliphatic heterocycles. The number of hydrogen-bond acceptors (Lipinski definition) is 4. The highest BCUT2D eigenvalue weighted by Crippen LogP contribution is 2.15. The van der Waals surface area contributed by atoms with Crippen molar-refractivity contribution in [3.8, 4) is 47.4 Å². The van der Waals surface area contributed by atoms with Gasteiger partial charge in [0.25, 0.3) is 0 Å². The number of ether oxygens (including phenoxy) is 2.